The van der Waals surface area contributed by atoms with E-state index in [1.165, 1.54) is 11.8 Å². The molecule has 0 atom stereocenters. The number of fused-ring (bicyclic) bond motifs is 1. The maximum Gasteiger partial charge on any atom is 0.264 e. The van der Waals surface area contributed by atoms with E-state index in [9.17, 15) is 9.59 Å². The zero-order chi connectivity index (χ0) is 22.5. The molecule has 2 amide bonds. The molecule has 2 aromatic rings. The van der Waals surface area contributed by atoms with Gasteiger partial charge in [-0.2, -0.15) is 0 Å². The molecule has 0 aromatic heterocycles. The summed E-state index contributed by atoms with van der Waals surface area (Å²) in [5.41, 5.74) is 2.09. The van der Waals surface area contributed by atoms with Gasteiger partial charge in [-0.05, 0) is 56.1 Å². The van der Waals surface area contributed by atoms with Crippen molar-refractivity contribution in [1.29, 1.82) is 0 Å². The molecule has 1 N–H and O–H groups in total. The lowest BCUT2D eigenvalue weighted by molar-refractivity contribution is -0.114. The predicted octanol–water partition coefficient (Wildman–Crippen LogP) is 3.10. The molecule has 1 aliphatic heterocycles. The van der Waals surface area contributed by atoms with Crippen LogP contribution in [0.2, 0.25) is 0 Å². The van der Waals surface area contributed by atoms with E-state index < -0.39 is 0 Å². The van der Waals surface area contributed by atoms with Crippen LogP contribution in [0.1, 0.15) is 15.9 Å². The molecule has 0 saturated heterocycles. The number of methoxy groups -OCH3 is 2. The smallest absolute Gasteiger partial charge is 0.264 e. The largest absolute Gasteiger partial charge is 0.493 e. The Balaban J connectivity index is 1.83. The van der Waals surface area contributed by atoms with Crippen LogP contribution in [0.5, 0.6) is 11.5 Å². The minimum atomic E-state index is -0.151. The fraction of sp³-hybridized carbons (Fsp3) is 0.304. The second-order valence-electron chi connectivity index (χ2n) is 7.33. The maximum absolute atomic E-state index is 13.0. The van der Waals surface area contributed by atoms with Gasteiger partial charge in [-0.25, -0.2) is 0 Å². The Morgan fingerprint density at radius 2 is 1.87 bits per heavy atom. The Labute approximate surface area is 187 Å². The van der Waals surface area contributed by atoms with E-state index in [1.54, 1.807) is 38.3 Å². The minimum absolute atomic E-state index is 0.127. The quantitative estimate of drug-likeness (QED) is 0.666. The molecule has 2 aromatic carbocycles. The van der Waals surface area contributed by atoms with Crippen molar-refractivity contribution in [2.24, 2.45) is 0 Å². The summed E-state index contributed by atoms with van der Waals surface area (Å²) in [6.45, 7) is 1.32. The molecule has 1 aliphatic rings. The lowest BCUT2D eigenvalue weighted by Crippen LogP contribution is -2.32. The summed E-state index contributed by atoms with van der Waals surface area (Å²) in [5.74, 6) is 0.953. The maximum atomic E-state index is 13.0. The molecule has 164 valence electrons. The highest BCUT2D eigenvalue weighted by Crippen LogP contribution is 2.42. The molecule has 7 nitrogen and oxygen atoms in total. The van der Waals surface area contributed by atoms with Crippen molar-refractivity contribution in [3.63, 3.8) is 0 Å². The molecule has 0 radical (unpaired) electrons. The number of hydrogen-bond donors (Lipinski definition) is 1. The van der Waals surface area contributed by atoms with Gasteiger partial charge in [-0.3, -0.25) is 9.59 Å². The van der Waals surface area contributed by atoms with Crippen LogP contribution >= 0.6 is 11.8 Å². The Bertz CT molecular complexity index is 1020. The van der Waals surface area contributed by atoms with Gasteiger partial charge in [0.2, 0.25) is 0 Å². The highest BCUT2D eigenvalue weighted by Gasteiger charge is 2.27. The van der Waals surface area contributed by atoms with Crippen molar-refractivity contribution >= 4 is 35.3 Å². The number of nitrogens with one attached hydrogen (secondary N) is 1. The number of likely N-dealkylation sites (N-methyl/N-ethyl adjacent to an activating group) is 2. The van der Waals surface area contributed by atoms with Gasteiger partial charge in [-0.1, -0.05) is 17.8 Å². The second-order valence-corrected chi connectivity index (χ2v) is 8.41. The van der Waals surface area contributed by atoms with Crippen LogP contribution in [-0.2, 0) is 4.79 Å². The number of thioether (sulfide) groups is 1. The molecular weight excluding hydrogens is 414 g/mol. The van der Waals surface area contributed by atoms with E-state index in [-0.39, 0.29) is 11.8 Å². The third-order valence-electron chi connectivity index (χ3n) is 4.87. The average Bonchev–Trinajstić information content (AvgIpc) is 2.76. The number of carbonyl (C=O) groups excluding carboxylic acids is 2. The molecule has 0 unspecified atom stereocenters. The normalized spacial score (nSPS) is 14.6. The standard InChI is InChI=1S/C23H27N3O4S/c1-25(2)11-10-24-22(27)16-7-9-20-17(14-16)26(3)23(28)21(31-20)13-15-6-8-18(29-4)19(12-15)30-5/h6-9,12-14H,10-11H2,1-5H3,(H,24,27). The molecule has 1 heterocycles. The van der Waals surface area contributed by atoms with Gasteiger partial charge in [-0.15, -0.1) is 0 Å². The average molecular weight is 442 g/mol. The molecule has 0 aliphatic carbocycles. The number of nitrogens with zero attached hydrogens (tertiary/aromatic N) is 2. The first-order valence-electron chi connectivity index (χ1n) is 9.80. The zero-order valence-electron chi connectivity index (χ0n) is 18.4. The Hall–Kier alpha value is -2.97. The van der Waals surface area contributed by atoms with E-state index >= 15 is 0 Å². The summed E-state index contributed by atoms with van der Waals surface area (Å²) in [6, 6.07) is 10.9. The zero-order valence-corrected chi connectivity index (χ0v) is 19.2. The topological polar surface area (TPSA) is 71.1 Å². The number of rotatable bonds is 7. The van der Waals surface area contributed by atoms with Gasteiger partial charge in [0.05, 0.1) is 24.8 Å². The minimum Gasteiger partial charge on any atom is -0.493 e. The number of benzene rings is 2. The molecule has 3 rings (SSSR count). The summed E-state index contributed by atoms with van der Waals surface area (Å²) in [6.07, 6.45) is 1.83. The fourth-order valence-electron chi connectivity index (χ4n) is 3.12. The second kappa shape index (κ2) is 9.89. The number of amides is 2. The summed E-state index contributed by atoms with van der Waals surface area (Å²) in [5, 5.41) is 2.90. The third-order valence-corrected chi connectivity index (χ3v) is 5.95. The highest BCUT2D eigenvalue weighted by atomic mass is 32.2. The monoisotopic (exact) mass is 441 g/mol. The number of hydrogen-bond acceptors (Lipinski definition) is 6. The van der Waals surface area contributed by atoms with Crippen LogP contribution in [0.3, 0.4) is 0 Å². The van der Waals surface area contributed by atoms with Crippen molar-refractivity contribution in [3.05, 3.63) is 52.4 Å². The van der Waals surface area contributed by atoms with E-state index in [4.69, 9.17) is 9.47 Å². The molecule has 8 heteroatoms. The van der Waals surface area contributed by atoms with Gasteiger partial charge in [0, 0.05) is 30.6 Å². The summed E-state index contributed by atoms with van der Waals surface area (Å²) < 4.78 is 10.6. The summed E-state index contributed by atoms with van der Waals surface area (Å²) in [4.78, 5) is 30.5. The van der Waals surface area contributed by atoms with Crippen LogP contribution in [0, 0.1) is 0 Å². The number of anilines is 1. The van der Waals surface area contributed by atoms with Crippen molar-refractivity contribution < 1.29 is 19.1 Å². The van der Waals surface area contributed by atoms with Gasteiger partial charge in [0.25, 0.3) is 11.8 Å². The van der Waals surface area contributed by atoms with Crippen LogP contribution in [0.15, 0.2) is 46.2 Å². The fourth-order valence-corrected chi connectivity index (χ4v) is 4.22. The molecule has 0 bridgehead atoms. The van der Waals surface area contributed by atoms with Gasteiger partial charge in [0.1, 0.15) is 0 Å². The predicted molar refractivity (Wildman–Crippen MR) is 124 cm³/mol. The first-order chi connectivity index (χ1) is 14.8. The summed E-state index contributed by atoms with van der Waals surface area (Å²) >= 11 is 1.39. The van der Waals surface area contributed by atoms with Crippen molar-refractivity contribution in [2.75, 3.05) is 53.4 Å². The van der Waals surface area contributed by atoms with Crippen LogP contribution in [-0.4, -0.2) is 65.2 Å². The van der Waals surface area contributed by atoms with Gasteiger partial charge < -0.3 is 24.6 Å². The van der Waals surface area contributed by atoms with Crippen molar-refractivity contribution in [3.8, 4) is 11.5 Å². The van der Waals surface area contributed by atoms with Crippen molar-refractivity contribution in [2.45, 2.75) is 4.90 Å². The molecule has 31 heavy (non-hydrogen) atoms. The summed E-state index contributed by atoms with van der Waals surface area (Å²) in [7, 11) is 8.79. The molecule has 0 fully saturated rings. The van der Waals surface area contributed by atoms with Crippen LogP contribution in [0.4, 0.5) is 5.69 Å². The van der Waals surface area contributed by atoms with Crippen LogP contribution in [0.25, 0.3) is 6.08 Å². The highest BCUT2D eigenvalue weighted by molar-refractivity contribution is 8.04. The molecule has 0 saturated carbocycles. The Morgan fingerprint density at radius 3 is 2.55 bits per heavy atom. The molecule has 0 spiro atoms. The lowest BCUT2D eigenvalue weighted by atomic mass is 10.1. The van der Waals surface area contributed by atoms with Crippen LogP contribution < -0.4 is 19.7 Å². The van der Waals surface area contributed by atoms with E-state index in [2.05, 4.69) is 5.32 Å². The SMILES string of the molecule is COc1ccc(C=C2Sc3ccc(C(=O)NCCN(C)C)cc3N(C)C2=O)cc1OC. The first-order valence-corrected chi connectivity index (χ1v) is 10.6. The molecular formula is C23H27N3O4S. The van der Waals surface area contributed by atoms with E-state index in [0.29, 0.717) is 28.5 Å². The van der Waals surface area contributed by atoms with Crippen molar-refractivity contribution in [1.82, 2.24) is 10.2 Å². The lowest BCUT2D eigenvalue weighted by Gasteiger charge is -2.27. The third kappa shape index (κ3) is 5.21. The van der Waals surface area contributed by atoms with E-state index in [1.807, 2.05) is 49.3 Å². The Kier molecular flexibility index (Phi) is 7.25. The Morgan fingerprint density at radius 1 is 1.13 bits per heavy atom. The first kappa shape index (κ1) is 22.7. The van der Waals surface area contributed by atoms with Gasteiger partial charge in [0.15, 0.2) is 11.5 Å². The number of carbonyl (C=O) groups is 2. The van der Waals surface area contributed by atoms with Gasteiger partial charge >= 0.3 is 0 Å². The number of ether oxygens (including phenoxy) is 2. The van der Waals surface area contributed by atoms with E-state index in [0.717, 1.165) is 22.7 Å².